The molecule has 0 aliphatic carbocycles. The number of non-ortho nitro benzene ring substituents is 1. The standard InChI is InChI=1S/C22H17N5O3S/c28-21(13-16-8-10-19(11-9-16)27(29)30)24-23-14-17-15-26(18-5-2-1-3-6-18)25-22(17)20-7-4-12-31-20/h1-12,14-15H,13H2,(H,24,28)/b23-14-. The molecule has 0 bridgehead atoms. The minimum absolute atomic E-state index is 0.0151. The van der Waals surface area contributed by atoms with Crippen LogP contribution in [0.5, 0.6) is 0 Å². The van der Waals surface area contributed by atoms with Crippen molar-refractivity contribution in [3.05, 3.63) is 99.5 Å². The van der Waals surface area contributed by atoms with Crippen molar-refractivity contribution in [3.63, 3.8) is 0 Å². The molecule has 2 aromatic heterocycles. The van der Waals surface area contributed by atoms with Gasteiger partial charge in [-0.2, -0.15) is 10.2 Å². The van der Waals surface area contributed by atoms with Crippen LogP contribution in [0.15, 0.2) is 83.4 Å². The lowest BCUT2D eigenvalue weighted by atomic mass is 10.1. The van der Waals surface area contributed by atoms with Gasteiger partial charge in [-0.05, 0) is 29.1 Å². The van der Waals surface area contributed by atoms with Crippen LogP contribution in [0.25, 0.3) is 16.3 Å². The fourth-order valence-corrected chi connectivity index (χ4v) is 3.66. The number of hydrazone groups is 1. The Morgan fingerprint density at radius 1 is 1.13 bits per heavy atom. The molecule has 0 aliphatic heterocycles. The first-order valence-corrected chi connectivity index (χ1v) is 10.2. The van der Waals surface area contributed by atoms with E-state index in [0.29, 0.717) is 5.56 Å². The van der Waals surface area contributed by atoms with Gasteiger partial charge < -0.3 is 0 Å². The SMILES string of the molecule is O=C(Cc1ccc([N+](=O)[O-])cc1)N/N=C\c1cn(-c2ccccc2)nc1-c1cccs1. The van der Waals surface area contributed by atoms with E-state index in [9.17, 15) is 14.9 Å². The quantitative estimate of drug-likeness (QED) is 0.269. The maximum absolute atomic E-state index is 12.2. The number of thiophene rings is 1. The molecule has 4 aromatic rings. The van der Waals surface area contributed by atoms with Gasteiger partial charge in [-0.25, -0.2) is 10.1 Å². The first-order chi connectivity index (χ1) is 15.1. The second kappa shape index (κ2) is 9.14. The van der Waals surface area contributed by atoms with Crippen molar-refractivity contribution in [1.82, 2.24) is 15.2 Å². The number of nitrogens with zero attached hydrogens (tertiary/aromatic N) is 4. The van der Waals surface area contributed by atoms with Crippen LogP contribution in [0, 0.1) is 10.1 Å². The van der Waals surface area contributed by atoms with Crippen molar-refractivity contribution in [2.24, 2.45) is 5.10 Å². The van der Waals surface area contributed by atoms with Crippen LogP contribution in [-0.2, 0) is 11.2 Å². The number of nitro groups is 1. The number of hydrogen-bond donors (Lipinski definition) is 1. The number of aromatic nitrogens is 2. The third-order valence-corrected chi connectivity index (χ3v) is 5.30. The van der Waals surface area contributed by atoms with Crippen LogP contribution < -0.4 is 5.43 Å². The van der Waals surface area contributed by atoms with Crippen LogP contribution in [0.2, 0.25) is 0 Å². The van der Waals surface area contributed by atoms with E-state index in [1.54, 1.807) is 34.4 Å². The summed E-state index contributed by atoms with van der Waals surface area (Å²) in [4.78, 5) is 23.4. The molecule has 0 saturated heterocycles. The summed E-state index contributed by atoms with van der Waals surface area (Å²) in [7, 11) is 0. The molecule has 31 heavy (non-hydrogen) atoms. The van der Waals surface area contributed by atoms with E-state index in [1.807, 2.05) is 54.0 Å². The van der Waals surface area contributed by atoms with Crippen LogP contribution in [-0.4, -0.2) is 26.8 Å². The predicted octanol–water partition coefficient (Wildman–Crippen LogP) is 4.20. The third-order valence-electron chi connectivity index (χ3n) is 4.42. The van der Waals surface area contributed by atoms with Gasteiger partial charge in [0.05, 0.1) is 28.1 Å². The number of carbonyl (C=O) groups is 1. The maximum Gasteiger partial charge on any atom is 0.269 e. The Labute approximate surface area is 181 Å². The first kappa shape index (κ1) is 20.2. The number of rotatable bonds is 7. The molecule has 1 amide bonds. The van der Waals surface area contributed by atoms with Crippen LogP contribution in [0.3, 0.4) is 0 Å². The molecule has 1 N–H and O–H groups in total. The molecular weight excluding hydrogens is 414 g/mol. The van der Waals surface area contributed by atoms with Gasteiger partial charge in [0.2, 0.25) is 5.91 Å². The van der Waals surface area contributed by atoms with Crippen LogP contribution >= 0.6 is 11.3 Å². The van der Waals surface area contributed by atoms with E-state index >= 15 is 0 Å². The minimum atomic E-state index is -0.477. The fraction of sp³-hybridized carbons (Fsp3) is 0.0455. The van der Waals surface area contributed by atoms with Gasteiger partial charge in [-0.3, -0.25) is 14.9 Å². The van der Waals surface area contributed by atoms with Crippen molar-refractivity contribution < 1.29 is 9.72 Å². The summed E-state index contributed by atoms with van der Waals surface area (Å²) in [6.45, 7) is 0. The number of amides is 1. The van der Waals surface area contributed by atoms with Gasteiger partial charge in [0, 0.05) is 23.9 Å². The smallest absolute Gasteiger partial charge is 0.269 e. The Morgan fingerprint density at radius 2 is 1.90 bits per heavy atom. The molecule has 0 atom stereocenters. The van der Waals surface area contributed by atoms with Gasteiger partial charge in [0.25, 0.3) is 5.69 Å². The molecule has 8 nitrogen and oxygen atoms in total. The maximum atomic E-state index is 12.2. The predicted molar refractivity (Wildman–Crippen MR) is 119 cm³/mol. The Bertz CT molecular complexity index is 1220. The van der Waals surface area contributed by atoms with E-state index in [1.165, 1.54) is 12.1 Å². The topological polar surface area (TPSA) is 102 Å². The van der Waals surface area contributed by atoms with E-state index in [0.717, 1.165) is 21.8 Å². The average Bonchev–Trinajstić information content (AvgIpc) is 3.45. The molecule has 0 unspecified atom stereocenters. The summed E-state index contributed by atoms with van der Waals surface area (Å²) in [6.07, 6.45) is 3.49. The summed E-state index contributed by atoms with van der Waals surface area (Å²) in [6, 6.07) is 19.5. The van der Waals surface area contributed by atoms with Crippen LogP contribution in [0.4, 0.5) is 5.69 Å². The van der Waals surface area contributed by atoms with Crippen molar-refractivity contribution in [1.29, 1.82) is 0 Å². The largest absolute Gasteiger partial charge is 0.273 e. The van der Waals surface area contributed by atoms with E-state index in [4.69, 9.17) is 0 Å². The highest BCUT2D eigenvalue weighted by molar-refractivity contribution is 7.13. The van der Waals surface area contributed by atoms with Gasteiger partial charge in [-0.15, -0.1) is 11.3 Å². The Morgan fingerprint density at radius 3 is 2.58 bits per heavy atom. The fourth-order valence-electron chi connectivity index (χ4n) is 2.93. The van der Waals surface area contributed by atoms with Crippen molar-refractivity contribution in [3.8, 4) is 16.3 Å². The highest BCUT2D eigenvalue weighted by Crippen LogP contribution is 2.26. The molecule has 0 spiro atoms. The van der Waals surface area contributed by atoms with E-state index < -0.39 is 4.92 Å². The molecule has 0 radical (unpaired) electrons. The van der Waals surface area contributed by atoms with Gasteiger partial charge >= 0.3 is 0 Å². The average molecular weight is 431 g/mol. The number of para-hydroxylation sites is 1. The number of hydrogen-bond acceptors (Lipinski definition) is 6. The Hall–Kier alpha value is -4.11. The monoisotopic (exact) mass is 431 g/mol. The zero-order valence-electron chi connectivity index (χ0n) is 16.2. The van der Waals surface area contributed by atoms with E-state index in [2.05, 4.69) is 15.6 Å². The molecular formula is C22H17N5O3S. The summed E-state index contributed by atoms with van der Waals surface area (Å²) in [5, 5.41) is 21.5. The summed E-state index contributed by atoms with van der Waals surface area (Å²) < 4.78 is 1.77. The molecule has 2 heterocycles. The third kappa shape index (κ3) is 4.90. The van der Waals surface area contributed by atoms with Crippen molar-refractivity contribution in [2.75, 3.05) is 0 Å². The molecule has 0 saturated carbocycles. The van der Waals surface area contributed by atoms with E-state index in [-0.39, 0.29) is 18.0 Å². The summed E-state index contributed by atoms with van der Waals surface area (Å²) >= 11 is 1.57. The Balaban J connectivity index is 1.48. The van der Waals surface area contributed by atoms with Crippen LogP contribution in [0.1, 0.15) is 11.1 Å². The first-order valence-electron chi connectivity index (χ1n) is 9.34. The molecule has 9 heteroatoms. The lowest BCUT2D eigenvalue weighted by molar-refractivity contribution is -0.384. The molecule has 0 aliphatic rings. The number of nitro benzene ring substituents is 1. The molecule has 154 valence electrons. The zero-order chi connectivity index (χ0) is 21.6. The van der Waals surface area contributed by atoms with Gasteiger partial charge in [0.1, 0.15) is 5.69 Å². The second-order valence-electron chi connectivity index (χ2n) is 6.58. The number of carbonyl (C=O) groups excluding carboxylic acids is 1. The lowest BCUT2D eigenvalue weighted by Gasteiger charge is -2.00. The molecule has 4 rings (SSSR count). The minimum Gasteiger partial charge on any atom is -0.273 e. The summed E-state index contributed by atoms with van der Waals surface area (Å²) in [5.41, 5.74) is 5.60. The van der Waals surface area contributed by atoms with Gasteiger partial charge in [0.15, 0.2) is 0 Å². The molecule has 2 aromatic carbocycles. The zero-order valence-corrected chi connectivity index (χ0v) is 17.0. The lowest BCUT2D eigenvalue weighted by Crippen LogP contribution is -2.19. The van der Waals surface area contributed by atoms with Crippen molar-refractivity contribution in [2.45, 2.75) is 6.42 Å². The van der Waals surface area contributed by atoms with Gasteiger partial charge in [-0.1, -0.05) is 36.4 Å². The number of nitrogens with one attached hydrogen (secondary N) is 1. The second-order valence-corrected chi connectivity index (χ2v) is 7.53. The normalized spacial score (nSPS) is 11.0. The van der Waals surface area contributed by atoms with Crippen molar-refractivity contribution >= 4 is 29.1 Å². The summed E-state index contributed by atoms with van der Waals surface area (Å²) in [5.74, 6) is -0.321. The number of benzene rings is 2. The molecule has 0 fully saturated rings. The highest BCUT2D eigenvalue weighted by Gasteiger charge is 2.12. The highest BCUT2D eigenvalue weighted by atomic mass is 32.1. The Kier molecular flexibility index (Phi) is 5.95.